The minimum atomic E-state index is -0.125. The van der Waals surface area contributed by atoms with Crippen LogP contribution < -0.4 is 14.2 Å². The molecule has 0 saturated carbocycles. The molecule has 1 fully saturated rings. The van der Waals surface area contributed by atoms with E-state index >= 15 is 0 Å². The summed E-state index contributed by atoms with van der Waals surface area (Å²) in [4.78, 5) is 2.33. The number of ether oxygens (including phenoxy) is 3. The number of aliphatic hydroxyl groups excluding tert-OH is 1. The van der Waals surface area contributed by atoms with E-state index in [1.165, 1.54) is 0 Å². The molecule has 2 aliphatic heterocycles. The van der Waals surface area contributed by atoms with Crippen LogP contribution in [-0.2, 0) is 6.54 Å². The maximum atomic E-state index is 9.66. The fourth-order valence-corrected chi connectivity index (χ4v) is 3.17. The zero-order valence-corrected chi connectivity index (χ0v) is 12.7. The molecule has 1 aromatic rings. The van der Waals surface area contributed by atoms with Crippen molar-refractivity contribution in [3.8, 4) is 17.2 Å². The average molecular weight is 293 g/mol. The Balaban J connectivity index is 1.86. The summed E-state index contributed by atoms with van der Waals surface area (Å²) >= 11 is 0. The zero-order valence-electron chi connectivity index (χ0n) is 12.7. The first-order valence-corrected chi connectivity index (χ1v) is 7.49. The molecule has 5 heteroatoms. The normalized spacial score (nSPS) is 25.1. The first-order valence-electron chi connectivity index (χ1n) is 7.49. The molecule has 1 aromatic carbocycles. The molecule has 1 unspecified atom stereocenters. The van der Waals surface area contributed by atoms with E-state index in [1.54, 1.807) is 7.11 Å². The van der Waals surface area contributed by atoms with Crippen LogP contribution in [0.1, 0.15) is 25.3 Å². The van der Waals surface area contributed by atoms with Crippen LogP contribution in [0.5, 0.6) is 17.2 Å². The Kier molecular flexibility index (Phi) is 3.95. The Hall–Kier alpha value is -1.46. The third-order valence-corrected chi connectivity index (χ3v) is 4.51. The van der Waals surface area contributed by atoms with Crippen molar-refractivity contribution in [3.05, 3.63) is 17.7 Å². The van der Waals surface area contributed by atoms with Gasteiger partial charge in [-0.05, 0) is 44.0 Å². The number of likely N-dealkylation sites (tertiary alicyclic amines) is 1. The molecule has 2 aliphatic rings. The summed E-state index contributed by atoms with van der Waals surface area (Å²) in [7, 11) is 1.64. The van der Waals surface area contributed by atoms with Crippen LogP contribution in [0.15, 0.2) is 12.1 Å². The maximum Gasteiger partial charge on any atom is 0.203 e. The third-order valence-electron chi connectivity index (χ3n) is 4.51. The van der Waals surface area contributed by atoms with E-state index < -0.39 is 0 Å². The number of hydrogen-bond acceptors (Lipinski definition) is 5. The molecule has 0 spiro atoms. The number of fused-ring (bicyclic) bond motifs is 1. The van der Waals surface area contributed by atoms with Gasteiger partial charge in [0.05, 0.1) is 13.7 Å². The van der Waals surface area contributed by atoms with Gasteiger partial charge in [0, 0.05) is 12.1 Å². The molecule has 0 amide bonds. The lowest BCUT2D eigenvalue weighted by atomic mass is 10.00. The van der Waals surface area contributed by atoms with Crippen molar-refractivity contribution in [2.75, 3.05) is 33.5 Å². The molecule has 5 nitrogen and oxygen atoms in total. The lowest BCUT2D eigenvalue weighted by Crippen LogP contribution is -2.43. The van der Waals surface area contributed by atoms with Crippen molar-refractivity contribution < 1.29 is 19.3 Å². The molecule has 0 bridgehead atoms. The molecule has 1 N–H and O–H groups in total. The molecular weight excluding hydrogens is 270 g/mol. The minimum Gasteiger partial charge on any atom is -0.493 e. The molecule has 3 rings (SSSR count). The first-order chi connectivity index (χ1) is 10.2. The Bertz CT molecular complexity index is 502. The van der Waals surface area contributed by atoms with E-state index in [-0.39, 0.29) is 12.1 Å². The SMILES string of the molecule is COc1cc(CN2CCCC2(C)CO)cc2c1OCCO2. The molecule has 1 saturated heterocycles. The lowest BCUT2D eigenvalue weighted by molar-refractivity contribution is 0.0731. The largest absolute Gasteiger partial charge is 0.493 e. The summed E-state index contributed by atoms with van der Waals surface area (Å²) in [6.45, 7) is 5.22. The van der Waals surface area contributed by atoms with Crippen LogP contribution in [0.25, 0.3) is 0 Å². The second-order valence-corrected chi connectivity index (χ2v) is 6.00. The van der Waals surface area contributed by atoms with E-state index in [1.807, 2.05) is 12.1 Å². The van der Waals surface area contributed by atoms with Gasteiger partial charge in [0.15, 0.2) is 11.5 Å². The lowest BCUT2D eigenvalue weighted by Gasteiger charge is -2.34. The Morgan fingerprint density at radius 3 is 2.90 bits per heavy atom. The van der Waals surface area contributed by atoms with Gasteiger partial charge in [0.25, 0.3) is 0 Å². The highest BCUT2D eigenvalue weighted by Crippen LogP contribution is 2.41. The molecule has 0 radical (unpaired) electrons. The van der Waals surface area contributed by atoms with Crippen molar-refractivity contribution >= 4 is 0 Å². The zero-order chi connectivity index (χ0) is 14.9. The van der Waals surface area contributed by atoms with E-state index in [4.69, 9.17) is 14.2 Å². The van der Waals surface area contributed by atoms with Crippen molar-refractivity contribution in [2.24, 2.45) is 0 Å². The smallest absolute Gasteiger partial charge is 0.203 e. The fraction of sp³-hybridized carbons (Fsp3) is 0.625. The summed E-state index contributed by atoms with van der Waals surface area (Å²) in [5.74, 6) is 2.16. The van der Waals surface area contributed by atoms with Crippen molar-refractivity contribution in [1.82, 2.24) is 4.90 Å². The average Bonchev–Trinajstić information content (AvgIpc) is 2.88. The van der Waals surface area contributed by atoms with Gasteiger partial charge < -0.3 is 19.3 Å². The molecular formula is C16H23NO4. The fourth-order valence-electron chi connectivity index (χ4n) is 3.17. The van der Waals surface area contributed by atoms with Crippen molar-refractivity contribution in [3.63, 3.8) is 0 Å². The van der Waals surface area contributed by atoms with E-state index in [0.717, 1.165) is 37.2 Å². The van der Waals surface area contributed by atoms with Crippen LogP contribution in [-0.4, -0.2) is 49.0 Å². The van der Waals surface area contributed by atoms with E-state index in [9.17, 15) is 5.11 Å². The molecule has 21 heavy (non-hydrogen) atoms. The van der Waals surface area contributed by atoms with Crippen LogP contribution in [0.2, 0.25) is 0 Å². The predicted molar refractivity (Wildman–Crippen MR) is 79.1 cm³/mol. The summed E-state index contributed by atoms with van der Waals surface area (Å²) in [5, 5.41) is 9.66. The number of benzene rings is 1. The summed E-state index contributed by atoms with van der Waals surface area (Å²) in [5.41, 5.74) is 0.998. The van der Waals surface area contributed by atoms with Gasteiger partial charge in [-0.15, -0.1) is 0 Å². The van der Waals surface area contributed by atoms with Crippen molar-refractivity contribution in [2.45, 2.75) is 31.8 Å². The maximum absolute atomic E-state index is 9.66. The molecule has 1 atom stereocenters. The van der Waals surface area contributed by atoms with Gasteiger partial charge in [-0.25, -0.2) is 0 Å². The van der Waals surface area contributed by atoms with E-state index in [2.05, 4.69) is 11.8 Å². The number of nitrogens with zero attached hydrogens (tertiary/aromatic N) is 1. The van der Waals surface area contributed by atoms with Crippen LogP contribution in [0.3, 0.4) is 0 Å². The number of methoxy groups -OCH3 is 1. The highest BCUT2D eigenvalue weighted by atomic mass is 16.6. The number of rotatable bonds is 4. The molecule has 116 valence electrons. The van der Waals surface area contributed by atoms with Crippen molar-refractivity contribution in [1.29, 1.82) is 0 Å². The van der Waals surface area contributed by atoms with Gasteiger partial charge in [-0.1, -0.05) is 0 Å². The highest BCUT2D eigenvalue weighted by Gasteiger charge is 2.36. The van der Waals surface area contributed by atoms with Crippen LogP contribution in [0.4, 0.5) is 0 Å². The van der Waals surface area contributed by atoms with Gasteiger partial charge >= 0.3 is 0 Å². The molecule has 2 heterocycles. The van der Waals surface area contributed by atoms with Gasteiger partial charge in [0.2, 0.25) is 5.75 Å². The number of aliphatic hydroxyl groups is 1. The monoisotopic (exact) mass is 293 g/mol. The quantitative estimate of drug-likeness (QED) is 0.917. The second-order valence-electron chi connectivity index (χ2n) is 6.00. The Labute approximate surface area is 125 Å². The van der Waals surface area contributed by atoms with Crippen LogP contribution >= 0.6 is 0 Å². The van der Waals surface area contributed by atoms with Gasteiger partial charge in [-0.2, -0.15) is 0 Å². The minimum absolute atomic E-state index is 0.125. The van der Waals surface area contributed by atoms with Crippen LogP contribution in [0, 0.1) is 0 Å². The summed E-state index contributed by atoms with van der Waals surface area (Å²) < 4.78 is 16.7. The first kappa shape index (κ1) is 14.5. The predicted octanol–water partition coefficient (Wildman–Crippen LogP) is 1.81. The van der Waals surface area contributed by atoms with Gasteiger partial charge in [-0.3, -0.25) is 4.90 Å². The second kappa shape index (κ2) is 5.73. The molecule has 0 aliphatic carbocycles. The van der Waals surface area contributed by atoms with Gasteiger partial charge in [0.1, 0.15) is 13.2 Å². The number of hydrogen-bond donors (Lipinski definition) is 1. The topological polar surface area (TPSA) is 51.2 Å². The highest BCUT2D eigenvalue weighted by molar-refractivity contribution is 5.54. The van der Waals surface area contributed by atoms with E-state index in [0.29, 0.717) is 24.7 Å². The Morgan fingerprint density at radius 1 is 1.33 bits per heavy atom. The Morgan fingerprint density at radius 2 is 2.14 bits per heavy atom. The summed E-state index contributed by atoms with van der Waals surface area (Å²) in [6, 6.07) is 4.02. The summed E-state index contributed by atoms with van der Waals surface area (Å²) in [6.07, 6.45) is 2.16. The standard InChI is InChI=1S/C16H23NO4/c1-16(11-18)4-3-5-17(16)10-12-8-13(19-2)15-14(9-12)20-6-7-21-15/h8-9,18H,3-7,10-11H2,1-2H3. The third kappa shape index (κ3) is 2.68. The molecule has 0 aromatic heterocycles.